The van der Waals surface area contributed by atoms with Crippen LogP contribution >= 0.6 is 0 Å². The number of benzene rings is 2. The molecule has 2 aromatic rings. The van der Waals surface area contributed by atoms with Crippen LogP contribution in [0, 0.1) is 5.82 Å². The van der Waals surface area contributed by atoms with Crippen LogP contribution in [-0.4, -0.2) is 11.9 Å². The maximum atomic E-state index is 13.0. The molecule has 0 bridgehead atoms. The standard InChI is InChI=1S/C17H14FNO3/c1-12(20)19-15-6-3-7-16(11-15)22-17(21)9-8-13-4-2-5-14(18)10-13/h2-11H,1H3,(H,19,20)/b9-8+. The van der Waals surface area contributed by atoms with Gasteiger partial charge in [0.1, 0.15) is 11.6 Å². The molecule has 0 saturated carbocycles. The number of hydrogen-bond donors (Lipinski definition) is 1. The molecule has 0 heterocycles. The highest BCUT2D eigenvalue weighted by Crippen LogP contribution is 2.17. The maximum absolute atomic E-state index is 13.0. The number of hydrogen-bond acceptors (Lipinski definition) is 3. The first-order valence-corrected chi connectivity index (χ1v) is 6.56. The Morgan fingerprint density at radius 3 is 2.64 bits per heavy atom. The highest BCUT2D eigenvalue weighted by molar-refractivity contribution is 5.90. The molecule has 0 aliphatic carbocycles. The van der Waals surface area contributed by atoms with Gasteiger partial charge in [-0.05, 0) is 35.9 Å². The van der Waals surface area contributed by atoms with E-state index in [4.69, 9.17) is 4.74 Å². The van der Waals surface area contributed by atoms with Crippen molar-refractivity contribution in [1.82, 2.24) is 0 Å². The monoisotopic (exact) mass is 299 g/mol. The van der Waals surface area contributed by atoms with Crippen LogP contribution in [-0.2, 0) is 9.59 Å². The van der Waals surface area contributed by atoms with Gasteiger partial charge in [0.15, 0.2) is 0 Å². The number of esters is 1. The predicted molar refractivity (Wildman–Crippen MR) is 81.8 cm³/mol. The van der Waals surface area contributed by atoms with E-state index < -0.39 is 5.97 Å². The van der Waals surface area contributed by atoms with Gasteiger partial charge in [0.25, 0.3) is 0 Å². The Morgan fingerprint density at radius 2 is 1.91 bits per heavy atom. The highest BCUT2D eigenvalue weighted by atomic mass is 19.1. The lowest BCUT2D eigenvalue weighted by Crippen LogP contribution is -2.07. The van der Waals surface area contributed by atoms with Gasteiger partial charge in [-0.3, -0.25) is 4.79 Å². The van der Waals surface area contributed by atoms with E-state index in [1.165, 1.54) is 37.3 Å². The molecule has 0 unspecified atom stereocenters. The number of carbonyl (C=O) groups is 2. The van der Waals surface area contributed by atoms with E-state index in [-0.39, 0.29) is 11.7 Å². The minimum absolute atomic E-state index is 0.213. The molecule has 1 N–H and O–H groups in total. The number of carbonyl (C=O) groups excluding carboxylic acids is 2. The Bertz CT molecular complexity index is 725. The Labute approximate surface area is 127 Å². The molecule has 1 amide bonds. The Hall–Kier alpha value is -2.95. The van der Waals surface area contributed by atoms with E-state index in [9.17, 15) is 14.0 Å². The zero-order valence-corrected chi connectivity index (χ0v) is 11.9. The van der Waals surface area contributed by atoms with Crippen molar-refractivity contribution in [2.75, 3.05) is 5.32 Å². The molecule has 112 valence electrons. The van der Waals surface area contributed by atoms with E-state index in [1.807, 2.05) is 0 Å². The summed E-state index contributed by atoms with van der Waals surface area (Å²) in [6.07, 6.45) is 2.67. The number of halogens is 1. The van der Waals surface area contributed by atoms with Gasteiger partial charge in [0.05, 0.1) is 0 Å². The largest absolute Gasteiger partial charge is 0.423 e. The first-order chi connectivity index (χ1) is 10.5. The van der Waals surface area contributed by atoms with E-state index in [1.54, 1.807) is 30.3 Å². The van der Waals surface area contributed by atoms with Crippen molar-refractivity contribution in [3.8, 4) is 5.75 Å². The fraction of sp³-hybridized carbons (Fsp3) is 0.0588. The molecular formula is C17H14FNO3. The van der Waals surface area contributed by atoms with Crippen molar-refractivity contribution in [3.05, 3.63) is 66.0 Å². The normalized spacial score (nSPS) is 10.5. The number of anilines is 1. The summed E-state index contributed by atoms with van der Waals surface area (Å²) in [7, 11) is 0. The molecule has 0 aliphatic rings. The molecule has 0 saturated heterocycles. The Kier molecular flexibility index (Phi) is 5.03. The summed E-state index contributed by atoms with van der Waals surface area (Å²) >= 11 is 0. The second kappa shape index (κ2) is 7.17. The first kappa shape index (κ1) is 15.4. The summed E-state index contributed by atoms with van der Waals surface area (Å²) in [5, 5.41) is 2.59. The van der Waals surface area contributed by atoms with Gasteiger partial charge in [-0.15, -0.1) is 0 Å². The molecule has 2 rings (SSSR count). The van der Waals surface area contributed by atoms with Crippen LogP contribution in [0.4, 0.5) is 10.1 Å². The molecule has 0 atom stereocenters. The summed E-state index contributed by atoms with van der Waals surface area (Å²) in [5.41, 5.74) is 1.09. The van der Waals surface area contributed by atoms with Gasteiger partial charge in [0, 0.05) is 24.8 Å². The molecule has 5 heteroatoms. The summed E-state index contributed by atoms with van der Waals surface area (Å²) in [6, 6.07) is 12.3. The number of amides is 1. The summed E-state index contributed by atoms with van der Waals surface area (Å²) in [4.78, 5) is 22.7. The predicted octanol–water partition coefficient (Wildman–Crippen LogP) is 3.40. The van der Waals surface area contributed by atoms with Crippen LogP contribution in [0.3, 0.4) is 0 Å². The first-order valence-electron chi connectivity index (χ1n) is 6.56. The molecule has 22 heavy (non-hydrogen) atoms. The quantitative estimate of drug-likeness (QED) is 0.535. The zero-order chi connectivity index (χ0) is 15.9. The van der Waals surface area contributed by atoms with Crippen molar-refractivity contribution in [1.29, 1.82) is 0 Å². The topological polar surface area (TPSA) is 55.4 Å². The van der Waals surface area contributed by atoms with Gasteiger partial charge < -0.3 is 10.1 Å². The fourth-order valence-electron chi connectivity index (χ4n) is 1.77. The third-order valence-corrected chi connectivity index (χ3v) is 2.63. The van der Waals surface area contributed by atoms with Crippen LogP contribution < -0.4 is 10.1 Å². The lowest BCUT2D eigenvalue weighted by molar-refractivity contribution is -0.128. The highest BCUT2D eigenvalue weighted by Gasteiger charge is 2.03. The van der Waals surface area contributed by atoms with E-state index in [0.717, 1.165) is 0 Å². The number of rotatable bonds is 4. The summed E-state index contributed by atoms with van der Waals surface area (Å²) in [6.45, 7) is 1.39. The zero-order valence-electron chi connectivity index (χ0n) is 11.9. The van der Waals surface area contributed by atoms with Gasteiger partial charge in [-0.2, -0.15) is 0 Å². The van der Waals surface area contributed by atoms with Crippen LogP contribution in [0.15, 0.2) is 54.6 Å². The van der Waals surface area contributed by atoms with Crippen LogP contribution in [0.1, 0.15) is 12.5 Å². The Morgan fingerprint density at radius 1 is 1.14 bits per heavy atom. The van der Waals surface area contributed by atoms with E-state index in [0.29, 0.717) is 17.0 Å². The second-order valence-electron chi connectivity index (χ2n) is 4.52. The molecule has 0 fully saturated rings. The lowest BCUT2D eigenvalue weighted by atomic mass is 10.2. The van der Waals surface area contributed by atoms with Crippen molar-refractivity contribution < 1.29 is 18.7 Å². The number of ether oxygens (including phenoxy) is 1. The van der Waals surface area contributed by atoms with E-state index in [2.05, 4.69) is 5.32 Å². The van der Waals surface area contributed by atoms with Crippen LogP contribution in [0.2, 0.25) is 0 Å². The third-order valence-electron chi connectivity index (χ3n) is 2.63. The van der Waals surface area contributed by atoms with Crippen LogP contribution in [0.5, 0.6) is 5.75 Å². The number of nitrogens with one attached hydrogen (secondary N) is 1. The summed E-state index contributed by atoms with van der Waals surface area (Å²) in [5.74, 6) is -0.877. The average Bonchev–Trinajstić information content (AvgIpc) is 2.45. The molecule has 4 nitrogen and oxygen atoms in total. The molecule has 0 spiro atoms. The fourth-order valence-corrected chi connectivity index (χ4v) is 1.77. The lowest BCUT2D eigenvalue weighted by Gasteiger charge is -2.05. The smallest absolute Gasteiger partial charge is 0.336 e. The van der Waals surface area contributed by atoms with Crippen molar-refractivity contribution in [2.45, 2.75) is 6.92 Å². The SMILES string of the molecule is CC(=O)Nc1cccc(OC(=O)/C=C/c2cccc(F)c2)c1. The molecular weight excluding hydrogens is 285 g/mol. The van der Waals surface area contributed by atoms with Crippen molar-refractivity contribution in [2.24, 2.45) is 0 Å². The minimum atomic E-state index is -0.593. The Balaban J connectivity index is 2.01. The molecule has 0 aromatic heterocycles. The molecule has 0 radical (unpaired) electrons. The van der Waals surface area contributed by atoms with Gasteiger partial charge in [-0.25, -0.2) is 9.18 Å². The summed E-state index contributed by atoms with van der Waals surface area (Å²) < 4.78 is 18.1. The molecule has 0 aliphatic heterocycles. The minimum Gasteiger partial charge on any atom is -0.423 e. The van der Waals surface area contributed by atoms with Crippen LogP contribution in [0.25, 0.3) is 6.08 Å². The third kappa shape index (κ3) is 4.86. The average molecular weight is 299 g/mol. The van der Waals surface area contributed by atoms with Crippen molar-refractivity contribution >= 4 is 23.6 Å². The maximum Gasteiger partial charge on any atom is 0.336 e. The van der Waals surface area contributed by atoms with E-state index >= 15 is 0 Å². The second-order valence-corrected chi connectivity index (χ2v) is 4.52. The van der Waals surface area contributed by atoms with Gasteiger partial charge in [-0.1, -0.05) is 18.2 Å². The van der Waals surface area contributed by atoms with Gasteiger partial charge >= 0.3 is 5.97 Å². The van der Waals surface area contributed by atoms with Gasteiger partial charge in [0.2, 0.25) is 5.91 Å². The molecule has 2 aromatic carbocycles. The van der Waals surface area contributed by atoms with Crippen molar-refractivity contribution in [3.63, 3.8) is 0 Å².